The Labute approximate surface area is 185 Å². The summed E-state index contributed by atoms with van der Waals surface area (Å²) in [5.74, 6) is -1.41. The Morgan fingerprint density at radius 2 is 1.88 bits per heavy atom. The third-order valence-corrected chi connectivity index (χ3v) is 6.47. The zero-order chi connectivity index (χ0) is 22.4. The number of nitrogens with one attached hydrogen (secondary N) is 1. The van der Waals surface area contributed by atoms with Crippen molar-refractivity contribution in [3.63, 3.8) is 0 Å². The van der Waals surface area contributed by atoms with Crippen LogP contribution in [0.1, 0.15) is 35.7 Å². The van der Waals surface area contributed by atoms with E-state index in [-0.39, 0.29) is 22.9 Å². The number of nitrogen functional groups attached to an aromatic ring is 1. The molecule has 1 atom stereocenters. The summed E-state index contributed by atoms with van der Waals surface area (Å²) in [5, 5.41) is 2.81. The van der Waals surface area contributed by atoms with Crippen molar-refractivity contribution in [2.75, 3.05) is 23.7 Å². The van der Waals surface area contributed by atoms with Gasteiger partial charge in [0, 0.05) is 47.1 Å². The van der Waals surface area contributed by atoms with Crippen LogP contribution in [0, 0.1) is 11.8 Å². The van der Waals surface area contributed by atoms with E-state index in [4.69, 9.17) is 5.73 Å². The lowest BCUT2D eigenvalue weighted by molar-refractivity contribution is 0.0946. The average Bonchev–Trinajstić information content (AvgIpc) is 3.20. The van der Waals surface area contributed by atoms with Crippen LogP contribution in [0.5, 0.6) is 0 Å². The summed E-state index contributed by atoms with van der Waals surface area (Å²) in [6.07, 6.45) is 2.85. The number of anilines is 2. The molecule has 2 aliphatic rings. The molecule has 0 aliphatic carbocycles. The Balaban J connectivity index is 1.55. The topological polar surface area (TPSA) is 71.2 Å². The molecule has 5 rings (SSSR count). The first-order valence-corrected chi connectivity index (χ1v) is 10.9. The van der Waals surface area contributed by atoms with Gasteiger partial charge in [0.2, 0.25) is 5.95 Å². The number of halogens is 2. The highest BCUT2D eigenvalue weighted by molar-refractivity contribution is 5.97. The van der Waals surface area contributed by atoms with Crippen LogP contribution in [-0.4, -0.2) is 30.0 Å². The van der Waals surface area contributed by atoms with E-state index in [2.05, 4.69) is 22.1 Å². The number of nitrogens with two attached hydrogens (primary N) is 1. The lowest BCUT2D eigenvalue weighted by atomic mass is 9.94. The summed E-state index contributed by atoms with van der Waals surface area (Å²) in [6, 6.07) is 12.1. The molecule has 1 saturated heterocycles. The Hall–Kier alpha value is -3.48. The highest BCUT2D eigenvalue weighted by atomic mass is 19.1. The van der Waals surface area contributed by atoms with Gasteiger partial charge < -0.3 is 16.0 Å². The number of hydrogen-bond acceptors (Lipinski definition) is 4. The van der Waals surface area contributed by atoms with Crippen LogP contribution in [0.3, 0.4) is 0 Å². The molecule has 164 valence electrons. The van der Waals surface area contributed by atoms with E-state index in [0.29, 0.717) is 35.7 Å². The van der Waals surface area contributed by atoms with Crippen LogP contribution < -0.4 is 16.0 Å². The summed E-state index contributed by atoms with van der Waals surface area (Å²) < 4.78 is 29.9. The molecule has 3 N–H and O–H groups in total. The van der Waals surface area contributed by atoms with Gasteiger partial charge in [0.1, 0.15) is 11.6 Å². The lowest BCUT2D eigenvalue weighted by Crippen LogP contribution is -2.31. The van der Waals surface area contributed by atoms with Gasteiger partial charge in [-0.1, -0.05) is 12.1 Å². The monoisotopic (exact) mass is 434 g/mol. The van der Waals surface area contributed by atoms with Crippen LogP contribution in [-0.2, 0) is 6.42 Å². The van der Waals surface area contributed by atoms with E-state index in [1.165, 1.54) is 6.07 Å². The van der Waals surface area contributed by atoms with Crippen LogP contribution in [0.15, 0.2) is 42.5 Å². The maximum absolute atomic E-state index is 15.1. The maximum Gasteiger partial charge on any atom is 0.251 e. The fourth-order valence-electron chi connectivity index (χ4n) is 4.74. The van der Waals surface area contributed by atoms with E-state index in [1.807, 2.05) is 12.1 Å². The normalized spacial score (nSPS) is 17.9. The molecule has 3 aromatic rings. The Kier molecular flexibility index (Phi) is 5.04. The number of fused-ring (bicyclic) bond motifs is 1. The molecule has 32 heavy (non-hydrogen) atoms. The lowest BCUT2D eigenvalue weighted by Gasteiger charge is -2.24. The van der Waals surface area contributed by atoms with Gasteiger partial charge in [-0.3, -0.25) is 4.79 Å². The molecular formula is C25H24F2N4O. The van der Waals surface area contributed by atoms with E-state index in [1.54, 1.807) is 24.3 Å². The van der Waals surface area contributed by atoms with Gasteiger partial charge in [-0.25, -0.2) is 9.37 Å². The molecule has 5 nitrogen and oxygen atoms in total. The molecule has 0 bridgehead atoms. The van der Waals surface area contributed by atoms with E-state index in [0.717, 1.165) is 30.6 Å². The van der Waals surface area contributed by atoms with Crippen molar-refractivity contribution >= 4 is 17.4 Å². The number of aromatic nitrogens is 1. The number of carbonyl (C=O) groups is 1. The molecule has 0 radical (unpaired) electrons. The van der Waals surface area contributed by atoms with Gasteiger partial charge in [0.25, 0.3) is 5.91 Å². The quantitative estimate of drug-likeness (QED) is 0.594. The zero-order valence-electron chi connectivity index (χ0n) is 17.8. The SMILES string of the molecule is C[C@@H]1CCCN1c1ccc(-c2cc(-c3ccc4c(c3)CCNC4=O)c(N)nc2F)c(F)c1. The van der Waals surface area contributed by atoms with Gasteiger partial charge in [0.15, 0.2) is 0 Å². The highest BCUT2D eigenvalue weighted by Crippen LogP contribution is 2.36. The number of nitrogens with zero attached hydrogens (tertiary/aromatic N) is 2. The van der Waals surface area contributed by atoms with Crippen LogP contribution in [0.25, 0.3) is 22.3 Å². The number of pyridine rings is 1. The van der Waals surface area contributed by atoms with Crippen LogP contribution in [0.4, 0.5) is 20.3 Å². The van der Waals surface area contributed by atoms with Crippen molar-refractivity contribution in [3.8, 4) is 22.3 Å². The minimum absolute atomic E-state index is 0.0226. The summed E-state index contributed by atoms with van der Waals surface area (Å²) in [7, 11) is 0. The minimum atomic E-state index is -0.815. The van der Waals surface area contributed by atoms with Crippen molar-refractivity contribution in [1.82, 2.24) is 10.3 Å². The first-order valence-electron chi connectivity index (χ1n) is 10.9. The number of benzene rings is 2. The second-order valence-electron chi connectivity index (χ2n) is 8.49. The van der Waals surface area contributed by atoms with E-state index >= 15 is 4.39 Å². The van der Waals surface area contributed by atoms with Crippen molar-refractivity contribution in [2.45, 2.75) is 32.2 Å². The fraction of sp³-hybridized carbons (Fsp3) is 0.280. The predicted octanol–water partition coefficient (Wildman–Crippen LogP) is 4.55. The standard InChI is InChI=1S/C25H24F2N4O/c1-14-3-2-10-31(14)17-5-7-19(22(26)12-17)21-13-20(24(28)30-23(21)27)15-4-6-18-16(11-15)8-9-29-25(18)32/h4-7,11-14H,2-3,8-10H2,1H3,(H2,28,30)(H,29,32)/t14-/m1/s1. The second-order valence-corrected chi connectivity index (χ2v) is 8.49. The summed E-state index contributed by atoms with van der Waals surface area (Å²) in [4.78, 5) is 18.0. The molecule has 2 aromatic carbocycles. The van der Waals surface area contributed by atoms with Crippen molar-refractivity contribution in [3.05, 3.63) is 65.4 Å². The smallest absolute Gasteiger partial charge is 0.251 e. The van der Waals surface area contributed by atoms with Crippen molar-refractivity contribution in [2.24, 2.45) is 0 Å². The van der Waals surface area contributed by atoms with Gasteiger partial charge in [-0.05, 0) is 67.6 Å². The Morgan fingerprint density at radius 1 is 1.06 bits per heavy atom. The summed E-state index contributed by atoms with van der Waals surface area (Å²) in [6.45, 7) is 3.57. The number of carbonyl (C=O) groups excluding carboxylic acids is 1. The molecule has 7 heteroatoms. The number of rotatable bonds is 3. The average molecular weight is 434 g/mol. The molecule has 3 heterocycles. The third-order valence-electron chi connectivity index (χ3n) is 6.47. The van der Waals surface area contributed by atoms with Gasteiger partial charge in [0.05, 0.1) is 0 Å². The zero-order valence-corrected chi connectivity index (χ0v) is 17.8. The largest absolute Gasteiger partial charge is 0.383 e. The first kappa shape index (κ1) is 20.4. The number of hydrogen-bond donors (Lipinski definition) is 2. The third kappa shape index (κ3) is 3.47. The van der Waals surface area contributed by atoms with Gasteiger partial charge >= 0.3 is 0 Å². The molecule has 2 aliphatic heterocycles. The fourth-order valence-corrected chi connectivity index (χ4v) is 4.74. The molecule has 0 unspecified atom stereocenters. The molecule has 0 spiro atoms. The predicted molar refractivity (Wildman–Crippen MR) is 122 cm³/mol. The molecule has 0 saturated carbocycles. The second kappa shape index (κ2) is 7.89. The van der Waals surface area contributed by atoms with Crippen molar-refractivity contribution in [1.29, 1.82) is 0 Å². The summed E-state index contributed by atoms with van der Waals surface area (Å²) in [5.41, 5.74) is 9.77. The van der Waals surface area contributed by atoms with Crippen LogP contribution >= 0.6 is 0 Å². The number of amides is 1. The van der Waals surface area contributed by atoms with Gasteiger partial charge in [-0.2, -0.15) is 4.39 Å². The van der Waals surface area contributed by atoms with Crippen LogP contribution in [0.2, 0.25) is 0 Å². The Morgan fingerprint density at radius 3 is 2.62 bits per heavy atom. The minimum Gasteiger partial charge on any atom is -0.383 e. The molecule has 1 fully saturated rings. The maximum atomic E-state index is 15.1. The first-order chi connectivity index (χ1) is 15.4. The van der Waals surface area contributed by atoms with E-state index in [9.17, 15) is 9.18 Å². The van der Waals surface area contributed by atoms with Crippen molar-refractivity contribution < 1.29 is 13.6 Å². The Bertz CT molecular complexity index is 1230. The van der Waals surface area contributed by atoms with E-state index < -0.39 is 11.8 Å². The van der Waals surface area contributed by atoms with Gasteiger partial charge in [-0.15, -0.1) is 0 Å². The molecular weight excluding hydrogens is 410 g/mol. The summed E-state index contributed by atoms with van der Waals surface area (Å²) >= 11 is 0. The molecule has 1 amide bonds. The molecule has 1 aromatic heterocycles. The highest BCUT2D eigenvalue weighted by Gasteiger charge is 2.23.